The molecular weight excluding hydrogens is 648 g/mol. The van der Waals surface area contributed by atoms with Crippen LogP contribution in [0.25, 0.3) is 6.08 Å². The molecule has 1 aliphatic heterocycles. The molecule has 1 saturated heterocycles. The van der Waals surface area contributed by atoms with E-state index < -0.39 is 23.6 Å². The van der Waals surface area contributed by atoms with Crippen LogP contribution < -0.4 is 14.8 Å². The van der Waals surface area contributed by atoms with Crippen molar-refractivity contribution in [2.75, 3.05) is 19.0 Å². The lowest BCUT2D eigenvalue weighted by atomic mass is 10.1. The molecule has 0 saturated carbocycles. The molecule has 1 heterocycles. The number of halogens is 3. The second-order valence-electron chi connectivity index (χ2n) is 7.78. The van der Waals surface area contributed by atoms with Gasteiger partial charge in [0.05, 0.1) is 16.5 Å². The third kappa shape index (κ3) is 6.95. The van der Waals surface area contributed by atoms with Crippen LogP contribution in [0, 0.1) is 0 Å². The summed E-state index contributed by atoms with van der Waals surface area (Å²) in [6.07, 6.45) is 1.57. The topological polar surface area (TPSA) is 84.9 Å². The van der Waals surface area contributed by atoms with Gasteiger partial charge in [0, 0.05) is 15.2 Å². The van der Waals surface area contributed by atoms with Crippen LogP contribution in [0.4, 0.5) is 10.5 Å². The Hall–Kier alpha value is -2.79. The zero-order valence-corrected chi connectivity index (χ0v) is 24.0. The highest BCUT2D eigenvalue weighted by Crippen LogP contribution is 2.39. The van der Waals surface area contributed by atoms with E-state index in [1.54, 1.807) is 42.5 Å². The maximum absolute atomic E-state index is 12.9. The number of benzene rings is 3. The average Bonchev–Trinajstić information content (AvgIpc) is 3.11. The molecule has 3 amide bonds. The predicted molar refractivity (Wildman–Crippen MR) is 152 cm³/mol. The number of thioether (sulfide) groups is 1. The van der Waals surface area contributed by atoms with Crippen LogP contribution >= 0.6 is 55.2 Å². The smallest absolute Gasteiger partial charge is 0.294 e. The molecule has 0 aromatic heterocycles. The summed E-state index contributed by atoms with van der Waals surface area (Å²) in [7, 11) is 1.52. The van der Waals surface area contributed by atoms with Crippen molar-refractivity contribution >= 4 is 84.0 Å². The second-order valence-corrected chi connectivity index (χ2v) is 11.0. The quantitative estimate of drug-likeness (QED) is 0.258. The lowest BCUT2D eigenvalue weighted by Gasteiger charge is -2.14. The van der Waals surface area contributed by atoms with E-state index in [0.717, 1.165) is 26.7 Å². The Morgan fingerprint density at radius 3 is 2.57 bits per heavy atom. The minimum atomic E-state index is -0.554. The molecule has 1 fully saturated rings. The average molecular weight is 667 g/mol. The second kappa shape index (κ2) is 12.2. The molecule has 11 heteroatoms. The Morgan fingerprint density at radius 1 is 1.11 bits per heavy atom. The maximum atomic E-state index is 12.9. The first-order valence-corrected chi connectivity index (χ1v) is 13.6. The molecule has 1 aliphatic rings. The SMILES string of the molecule is COc1cc(/C=C2/SC(=O)N(CC(=O)Nc3cccc(Cl)c3)C2=O)cc(Br)c1OCc1ccc(Br)cc1. The normalized spacial score (nSPS) is 14.3. The predicted octanol–water partition coefficient (Wildman–Crippen LogP) is 7.13. The maximum Gasteiger partial charge on any atom is 0.294 e. The highest BCUT2D eigenvalue weighted by atomic mass is 79.9. The van der Waals surface area contributed by atoms with E-state index in [2.05, 4.69) is 37.2 Å². The highest BCUT2D eigenvalue weighted by molar-refractivity contribution is 9.10. The lowest BCUT2D eigenvalue weighted by molar-refractivity contribution is -0.127. The van der Waals surface area contributed by atoms with E-state index >= 15 is 0 Å². The number of anilines is 1. The van der Waals surface area contributed by atoms with E-state index in [1.807, 2.05) is 24.3 Å². The molecule has 0 unspecified atom stereocenters. The standard InChI is InChI=1S/C26H19Br2ClN2O5S/c1-35-21-10-16(9-20(28)24(21)36-14-15-5-7-17(27)8-6-15)11-22-25(33)31(26(34)37-22)13-23(32)30-19-4-2-3-18(29)12-19/h2-12H,13-14H2,1H3,(H,30,32)/b22-11+. The van der Waals surface area contributed by atoms with Gasteiger partial charge in [0.15, 0.2) is 11.5 Å². The third-order valence-corrected chi connectivity index (χ3v) is 7.39. The summed E-state index contributed by atoms with van der Waals surface area (Å²) in [5, 5.41) is 2.56. The van der Waals surface area contributed by atoms with Crippen LogP contribution in [0.5, 0.6) is 11.5 Å². The molecular formula is C26H19Br2ClN2O5S. The molecule has 37 heavy (non-hydrogen) atoms. The van der Waals surface area contributed by atoms with Crippen molar-refractivity contribution in [1.82, 2.24) is 4.90 Å². The molecule has 0 aliphatic carbocycles. The minimum Gasteiger partial charge on any atom is -0.493 e. The van der Waals surface area contributed by atoms with Crippen LogP contribution in [0.1, 0.15) is 11.1 Å². The van der Waals surface area contributed by atoms with Gasteiger partial charge < -0.3 is 14.8 Å². The number of carbonyl (C=O) groups excluding carboxylic acids is 3. The summed E-state index contributed by atoms with van der Waals surface area (Å²) in [5.74, 6) is -0.101. The number of hydrogen-bond donors (Lipinski definition) is 1. The summed E-state index contributed by atoms with van der Waals surface area (Å²) in [5.41, 5.74) is 2.07. The largest absolute Gasteiger partial charge is 0.493 e. The molecule has 190 valence electrons. The number of amides is 3. The molecule has 0 bridgehead atoms. The number of methoxy groups -OCH3 is 1. The van der Waals surface area contributed by atoms with Crippen molar-refractivity contribution < 1.29 is 23.9 Å². The fraction of sp³-hybridized carbons (Fsp3) is 0.115. The van der Waals surface area contributed by atoms with Gasteiger partial charge in [-0.25, -0.2) is 0 Å². The number of nitrogens with zero attached hydrogens (tertiary/aromatic N) is 1. The number of nitrogens with one attached hydrogen (secondary N) is 1. The Labute approximate surface area is 239 Å². The van der Waals surface area contributed by atoms with E-state index in [1.165, 1.54) is 7.11 Å². The first-order chi connectivity index (χ1) is 17.7. The summed E-state index contributed by atoms with van der Waals surface area (Å²) >= 11 is 13.6. The van der Waals surface area contributed by atoms with Crippen LogP contribution in [0.15, 0.2) is 74.5 Å². The molecule has 0 spiro atoms. The van der Waals surface area contributed by atoms with Gasteiger partial charge in [0.1, 0.15) is 13.2 Å². The zero-order chi connectivity index (χ0) is 26.5. The first-order valence-electron chi connectivity index (χ1n) is 10.8. The van der Waals surface area contributed by atoms with Crippen LogP contribution in [-0.4, -0.2) is 35.6 Å². The Kier molecular flexibility index (Phi) is 8.96. The highest BCUT2D eigenvalue weighted by Gasteiger charge is 2.36. The van der Waals surface area contributed by atoms with Gasteiger partial charge in [0.2, 0.25) is 5.91 Å². The fourth-order valence-corrected chi connectivity index (χ4v) is 5.26. The van der Waals surface area contributed by atoms with E-state index in [9.17, 15) is 14.4 Å². The van der Waals surface area contributed by atoms with Crippen molar-refractivity contribution in [3.05, 3.63) is 90.7 Å². The van der Waals surface area contributed by atoms with Gasteiger partial charge >= 0.3 is 0 Å². The third-order valence-electron chi connectivity index (χ3n) is 5.13. The summed E-state index contributed by atoms with van der Waals surface area (Å²) in [6.45, 7) is -0.0813. The Morgan fingerprint density at radius 2 is 1.86 bits per heavy atom. The van der Waals surface area contributed by atoms with Crippen molar-refractivity contribution in [1.29, 1.82) is 0 Å². The van der Waals surface area contributed by atoms with Crippen molar-refractivity contribution in [3.63, 3.8) is 0 Å². The Bertz CT molecular complexity index is 1400. The first kappa shape index (κ1) is 27.3. The van der Waals surface area contributed by atoms with Gasteiger partial charge in [0.25, 0.3) is 11.1 Å². The van der Waals surface area contributed by atoms with Gasteiger partial charge in [-0.3, -0.25) is 19.3 Å². The number of rotatable bonds is 8. The van der Waals surface area contributed by atoms with Crippen LogP contribution in [0.2, 0.25) is 5.02 Å². The van der Waals surface area contributed by atoms with Gasteiger partial charge in [-0.05, 0) is 87.4 Å². The number of imide groups is 1. The van der Waals surface area contributed by atoms with E-state index in [4.69, 9.17) is 21.1 Å². The molecule has 7 nitrogen and oxygen atoms in total. The van der Waals surface area contributed by atoms with E-state index in [0.29, 0.717) is 38.9 Å². The molecule has 1 N–H and O–H groups in total. The van der Waals surface area contributed by atoms with Crippen molar-refractivity contribution in [3.8, 4) is 11.5 Å². The molecule has 0 atom stereocenters. The lowest BCUT2D eigenvalue weighted by Crippen LogP contribution is -2.36. The van der Waals surface area contributed by atoms with Gasteiger partial charge in [-0.2, -0.15) is 0 Å². The van der Waals surface area contributed by atoms with Crippen LogP contribution in [0.3, 0.4) is 0 Å². The van der Waals surface area contributed by atoms with Crippen LogP contribution in [-0.2, 0) is 16.2 Å². The molecule has 3 aromatic carbocycles. The summed E-state index contributed by atoms with van der Waals surface area (Å²) < 4.78 is 13.1. The zero-order valence-electron chi connectivity index (χ0n) is 19.3. The Balaban J connectivity index is 1.46. The minimum absolute atomic E-state index is 0.193. The van der Waals surface area contributed by atoms with E-state index in [-0.39, 0.29) is 4.91 Å². The number of ether oxygens (including phenoxy) is 2. The molecule has 3 aromatic rings. The number of carbonyl (C=O) groups is 3. The summed E-state index contributed by atoms with van der Waals surface area (Å²) in [6, 6.07) is 17.8. The van der Waals surface area contributed by atoms with Gasteiger partial charge in [-0.1, -0.05) is 45.7 Å². The monoisotopic (exact) mass is 664 g/mol. The number of hydrogen-bond acceptors (Lipinski definition) is 6. The van der Waals surface area contributed by atoms with Crippen molar-refractivity contribution in [2.45, 2.75) is 6.61 Å². The fourth-order valence-electron chi connectivity index (χ4n) is 3.40. The molecule has 0 radical (unpaired) electrons. The molecule has 4 rings (SSSR count). The van der Waals surface area contributed by atoms with Crippen molar-refractivity contribution in [2.24, 2.45) is 0 Å². The van der Waals surface area contributed by atoms with Gasteiger partial charge in [-0.15, -0.1) is 0 Å². The summed E-state index contributed by atoms with van der Waals surface area (Å²) in [4.78, 5) is 38.9.